The number of Topliss-reactive ketones (excluding diaryl/α,β-unsaturated/α-hetero) is 1. The topological polar surface area (TPSA) is 17.1 Å². The first kappa shape index (κ1) is 14.0. The Bertz CT molecular complexity index is 510. The summed E-state index contributed by atoms with van der Waals surface area (Å²) in [6.07, 6.45) is 9.34. The molecular weight excluding hydrogens is 263 g/mol. The number of carbonyl (C=O) groups is 1. The minimum atomic E-state index is -0.716. The fourth-order valence-electron chi connectivity index (χ4n) is 6.46. The number of fused-ring (bicyclic) bond motifs is 5. The zero-order valence-electron chi connectivity index (χ0n) is 13.3. The monoisotopic (exact) mass is 290 g/mol. The lowest BCUT2D eigenvalue weighted by Gasteiger charge is -2.57. The maximum atomic E-state index is 13.8. The second-order valence-corrected chi connectivity index (χ2v) is 8.50. The van der Waals surface area contributed by atoms with E-state index in [1.807, 2.05) is 6.08 Å². The molecule has 21 heavy (non-hydrogen) atoms. The van der Waals surface area contributed by atoms with Crippen LogP contribution in [0.2, 0.25) is 0 Å². The largest absolute Gasteiger partial charge is 0.299 e. The first-order valence-corrected chi connectivity index (χ1v) is 8.84. The number of carbonyl (C=O) groups excluding carboxylic acids is 1. The van der Waals surface area contributed by atoms with Crippen molar-refractivity contribution in [2.24, 2.45) is 28.6 Å². The molecule has 0 amide bonds. The van der Waals surface area contributed by atoms with Crippen LogP contribution >= 0.6 is 0 Å². The normalized spacial score (nSPS) is 52.7. The molecule has 0 spiro atoms. The lowest BCUT2D eigenvalue weighted by molar-refractivity contribution is -0.132. The number of hydrogen-bond acceptors (Lipinski definition) is 1. The van der Waals surface area contributed by atoms with Crippen LogP contribution in [0, 0.1) is 28.6 Å². The summed E-state index contributed by atoms with van der Waals surface area (Å²) in [5.74, 6) is 2.51. The molecule has 0 heterocycles. The van der Waals surface area contributed by atoms with Crippen molar-refractivity contribution in [1.82, 2.24) is 0 Å². The van der Waals surface area contributed by atoms with Crippen molar-refractivity contribution in [2.75, 3.05) is 0 Å². The predicted molar refractivity (Wildman–Crippen MR) is 81.6 cm³/mol. The van der Waals surface area contributed by atoms with Gasteiger partial charge in [-0.1, -0.05) is 25.5 Å². The third-order valence-electron chi connectivity index (χ3n) is 7.77. The van der Waals surface area contributed by atoms with E-state index >= 15 is 0 Å². The van der Waals surface area contributed by atoms with Crippen molar-refractivity contribution < 1.29 is 9.18 Å². The van der Waals surface area contributed by atoms with E-state index in [1.165, 1.54) is 18.4 Å². The lowest BCUT2D eigenvalue weighted by atomic mass is 9.47. The summed E-state index contributed by atoms with van der Waals surface area (Å²) < 4.78 is 13.8. The standard InChI is InChI=1S/C19H27FO/c1-18-9-7-13(20)11-12(18)3-4-14-15-5-6-17(21)19(15,2)10-8-16(14)18/h11,13-16H,3-10H2,1-2H3/t13?,14-,15-,16-,18-,19-/m0/s1. The number of alkyl halides is 1. The first-order valence-electron chi connectivity index (χ1n) is 8.84. The van der Waals surface area contributed by atoms with Crippen LogP contribution in [0.15, 0.2) is 11.6 Å². The molecule has 4 rings (SSSR count). The molecule has 0 radical (unpaired) electrons. The van der Waals surface area contributed by atoms with Crippen LogP contribution in [0.1, 0.15) is 65.2 Å². The second kappa shape index (κ2) is 4.43. The molecule has 3 saturated carbocycles. The highest BCUT2D eigenvalue weighted by Gasteiger charge is 2.58. The van der Waals surface area contributed by atoms with Gasteiger partial charge >= 0.3 is 0 Å². The molecule has 0 aromatic rings. The lowest BCUT2D eigenvalue weighted by Crippen LogP contribution is -2.50. The van der Waals surface area contributed by atoms with Crippen LogP contribution in [-0.2, 0) is 4.79 Å². The number of ketones is 1. The Kier molecular flexibility index (Phi) is 2.94. The quantitative estimate of drug-likeness (QED) is 0.582. The predicted octanol–water partition coefficient (Wildman–Crippen LogP) is 4.86. The molecular formula is C19H27FO. The molecule has 0 bridgehead atoms. The van der Waals surface area contributed by atoms with Crippen LogP contribution in [-0.4, -0.2) is 12.0 Å². The molecule has 1 unspecified atom stereocenters. The smallest absolute Gasteiger partial charge is 0.139 e. The van der Waals surface area contributed by atoms with Gasteiger partial charge < -0.3 is 0 Å². The molecule has 4 aliphatic carbocycles. The van der Waals surface area contributed by atoms with E-state index in [0.29, 0.717) is 30.0 Å². The van der Waals surface area contributed by atoms with Crippen LogP contribution in [0.4, 0.5) is 4.39 Å². The number of hydrogen-bond donors (Lipinski definition) is 0. The molecule has 1 nitrogen and oxygen atoms in total. The van der Waals surface area contributed by atoms with Gasteiger partial charge in [0.2, 0.25) is 0 Å². The summed E-state index contributed by atoms with van der Waals surface area (Å²) in [6, 6.07) is 0. The minimum Gasteiger partial charge on any atom is -0.299 e. The summed E-state index contributed by atoms with van der Waals surface area (Å²) in [5.41, 5.74) is 1.59. The van der Waals surface area contributed by atoms with E-state index in [4.69, 9.17) is 0 Å². The highest BCUT2D eigenvalue weighted by atomic mass is 19.1. The molecule has 0 aliphatic heterocycles. The Morgan fingerprint density at radius 1 is 1.00 bits per heavy atom. The molecule has 0 aromatic carbocycles. The Morgan fingerprint density at radius 3 is 2.52 bits per heavy atom. The molecule has 2 heteroatoms. The van der Waals surface area contributed by atoms with Crippen LogP contribution in [0.3, 0.4) is 0 Å². The van der Waals surface area contributed by atoms with Gasteiger partial charge in [-0.25, -0.2) is 4.39 Å². The zero-order valence-corrected chi connectivity index (χ0v) is 13.3. The van der Waals surface area contributed by atoms with Gasteiger partial charge in [0.05, 0.1) is 0 Å². The fourth-order valence-corrected chi connectivity index (χ4v) is 6.46. The van der Waals surface area contributed by atoms with Crippen LogP contribution < -0.4 is 0 Å². The summed E-state index contributed by atoms with van der Waals surface area (Å²) in [4.78, 5) is 12.3. The van der Waals surface area contributed by atoms with Crippen molar-refractivity contribution in [2.45, 2.75) is 71.4 Å². The Labute approximate surface area is 127 Å². The van der Waals surface area contributed by atoms with Gasteiger partial charge in [0.15, 0.2) is 0 Å². The summed E-state index contributed by atoms with van der Waals surface area (Å²) in [6.45, 7) is 4.62. The number of rotatable bonds is 0. The van der Waals surface area contributed by atoms with Gasteiger partial charge in [-0.15, -0.1) is 0 Å². The van der Waals surface area contributed by atoms with E-state index in [0.717, 1.165) is 32.1 Å². The van der Waals surface area contributed by atoms with E-state index in [2.05, 4.69) is 13.8 Å². The Morgan fingerprint density at radius 2 is 1.71 bits per heavy atom. The SMILES string of the molecule is C[C@]12CCC(F)C=C1CC[C@@H]1[C@@H]2CC[C@]2(C)C(=O)CC[C@@H]12. The van der Waals surface area contributed by atoms with Gasteiger partial charge in [-0.05, 0) is 68.1 Å². The highest BCUT2D eigenvalue weighted by molar-refractivity contribution is 5.87. The molecule has 3 fully saturated rings. The Hall–Kier alpha value is -0.660. The first-order chi connectivity index (χ1) is 9.95. The maximum Gasteiger partial charge on any atom is 0.139 e. The van der Waals surface area contributed by atoms with Gasteiger partial charge in [0.25, 0.3) is 0 Å². The van der Waals surface area contributed by atoms with E-state index in [9.17, 15) is 9.18 Å². The fraction of sp³-hybridized carbons (Fsp3) is 0.842. The van der Waals surface area contributed by atoms with Crippen LogP contribution in [0.25, 0.3) is 0 Å². The molecule has 6 atom stereocenters. The van der Waals surface area contributed by atoms with Crippen molar-refractivity contribution in [3.8, 4) is 0 Å². The van der Waals surface area contributed by atoms with Crippen molar-refractivity contribution >= 4 is 5.78 Å². The van der Waals surface area contributed by atoms with Crippen molar-refractivity contribution in [3.05, 3.63) is 11.6 Å². The van der Waals surface area contributed by atoms with Gasteiger partial charge in [0, 0.05) is 11.8 Å². The van der Waals surface area contributed by atoms with Crippen LogP contribution in [0.5, 0.6) is 0 Å². The van der Waals surface area contributed by atoms with E-state index < -0.39 is 6.17 Å². The van der Waals surface area contributed by atoms with Gasteiger partial charge in [-0.3, -0.25) is 4.79 Å². The summed E-state index contributed by atoms with van der Waals surface area (Å²) in [7, 11) is 0. The third kappa shape index (κ3) is 1.77. The molecule has 0 saturated heterocycles. The van der Waals surface area contributed by atoms with Crippen molar-refractivity contribution in [1.29, 1.82) is 0 Å². The zero-order chi connectivity index (χ0) is 14.8. The average molecular weight is 290 g/mol. The molecule has 0 N–H and O–H groups in total. The third-order valence-corrected chi connectivity index (χ3v) is 7.77. The second-order valence-electron chi connectivity index (χ2n) is 8.50. The van der Waals surface area contributed by atoms with E-state index in [1.54, 1.807) is 0 Å². The summed E-state index contributed by atoms with van der Waals surface area (Å²) in [5, 5.41) is 0. The van der Waals surface area contributed by atoms with Gasteiger partial charge in [0.1, 0.15) is 12.0 Å². The van der Waals surface area contributed by atoms with Gasteiger partial charge in [-0.2, -0.15) is 0 Å². The van der Waals surface area contributed by atoms with Crippen molar-refractivity contribution in [3.63, 3.8) is 0 Å². The van der Waals surface area contributed by atoms with E-state index in [-0.39, 0.29) is 10.8 Å². The minimum absolute atomic E-state index is 0.0317. The number of allylic oxidation sites excluding steroid dienone is 2. The summed E-state index contributed by atoms with van der Waals surface area (Å²) >= 11 is 0. The highest BCUT2D eigenvalue weighted by Crippen LogP contribution is 2.64. The molecule has 4 aliphatic rings. The molecule has 116 valence electrons. The average Bonchev–Trinajstić information content (AvgIpc) is 2.76. The maximum absolute atomic E-state index is 13.8. The Balaban J connectivity index is 1.69. The number of halogens is 1. The molecule has 0 aromatic heterocycles.